The van der Waals surface area contributed by atoms with Gasteiger partial charge in [0, 0.05) is 72.2 Å². The lowest BCUT2D eigenvalue weighted by Gasteiger charge is -2.23. The molecule has 3 aliphatic rings. The van der Waals surface area contributed by atoms with Crippen LogP contribution in [-0.2, 0) is 14.2 Å². The van der Waals surface area contributed by atoms with Crippen molar-refractivity contribution < 1.29 is 77.8 Å². The molecule has 0 amide bonds. The van der Waals surface area contributed by atoms with E-state index in [1.165, 1.54) is 61.2 Å². The number of carbonyl (C=O) groups is 2. The summed E-state index contributed by atoms with van der Waals surface area (Å²) in [5.41, 5.74) is 22.9. The number of hydrogen-bond donors (Lipinski definition) is 11. The van der Waals surface area contributed by atoms with E-state index in [1.54, 1.807) is 123 Å². The monoisotopic (exact) mass is 1840 g/mol. The molecule has 2 saturated heterocycles. The number of rotatable bonds is 19. The number of phenolic OH excluding ortho intramolecular Hbond substituents is 2. The number of H-pyrrole nitrogens is 1. The number of aliphatic imine (C=N–C) groups is 2. The first-order valence-corrected chi connectivity index (χ1v) is 41.5. The fraction of sp³-hybridized carbons (Fsp3) is 0.234. The topological polar surface area (TPSA) is 586 Å². The van der Waals surface area contributed by atoms with Crippen molar-refractivity contribution in [3.8, 4) is 58.4 Å². The first kappa shape index (κ1) is 107. The Kier molecular flexibility index (Phi) is 48.8. The number of phenols is 2. The summed E-state index contributed by atoms with van der Waals surface area (Å²) in [7, 11) is 0. The van der Waals surface area contributed by atoms with Crippen molar-refractivity contribution in [3.63, 3.8) is 0 Å². The molecular weight excluding hydrogens is 1730 g/mol. The van der Waals surface area contributed by atoms with Gasteiger partial charge in [-0.05, 0) is 242 Å². The minimum Gasteiger partial charge on any atom is -0.508 e. The van der Waals surface area contributed by atoms with E-state index in [9.17, 15) is 34.9 Å². The maximum Gasteiger partial charge on any atom is 0.309 e. The molecule has 10 aromatic carbocycles. The molecule has 15 rings (SSSR count). The number of aromatic hydroxyl groups is 2. The van der Waals surface area contributed by atoms with Crippen LogP contribution in [0.3, 0.4) is 0 Å². The van der Waals surface area contributed by atoms with Gasteiger partial charge in [0.1, 0.15) is 46.0 Å². The molecule has 0 saturated carbocycles. The van der Waals surface area contributed by atoms with Crippen LogP contribution in [0.15, 0.2) is 277 Å². The summed E-state index contributed by atoms with van der Waals surface area (Å²) >= 11 is 5.28. The molecule has 700 valence electrons. The summed E-state index contributed by atoms with van der Waals surface area (Å²) in [6.45, 7) is 15.8. The van der Waals surface area contributed by atoms with Crippen molar-refractivity contribution in [2.24, 2.45) is 21.7 Å². The molecule has 18 N–H and O–H groups in total. The number of nitrogens with two attached hydrogens (primary N) is 5. The van der Waals surface area contributed by atoms with Gasteiger partial charge in [0.2, 0.25) is 35.9 Å². The number of nitrogens with zero attached hydrogens (tertiary/aromatic N) is 11. The Morgan fingerprint density at radius 3 is 1.54 bits per heavy atom. The highest BCUT2D eigenvalue weighted by Crippen LogP contribution is 2.27. The number of aryl methyl sites for hydroxylation is 2. The summed E-state index contributed by atoms with van der Waals surface area (Å²) < 4.78 is 49.6. The number of carbonyl (C=O) groups excluding carboxylic acids is 2. The molecule has 3 aliphatic heterocycles. The number of non-ortho nitro benzene ring substituents is 2. The van der Waals surface area contributed by atoms with Gasteiger partial charge in [-0.2, -0.15) is 30.2 Å². The smallest absolute Gasteiger partial charge is 0.309 e. The third-order valence-electron chi connectivity index (χ3n) is 16.8. The Labute approximate surface area is 774 Å². The summed E-state index contributed by atoms with van der Waals surface area (Å²) in [5.74, 6) is 12.9. The van der Waals surface area contributed by atoms with E-state index in [-0.39, 0.29) is 71.1 Å². The lowest BCUT2D eigenvalue weighted by molar-refractivity contribution is -0.385. The number of aromatic amines is 1. The second-order valence-electron chi connectivity index (χ2n) is 28.3. The number of nitrogen functional groups attached to an aromatic ring is 3. The van der Waals surface area contributed by atoms with E-state index in [2.05, 4.69) is 62.9 Å². The normalized spacial score (nSPS) is 13.0. The number of anilines is 7. The van der Waals surface area contributed by atoms with Crippen molar-refractivity contribution in [1.82, 2.24) is 35.3 Å². The quantitative estimate of drug-likeness (QED) is 0.00412. The Hall–Kier alpha value is -16.2. The van der Waals surface area contributed by atoms with Crippen LogP contribution in [0.2, 0.25) is 0 Å². The largest absolute Gasteiger partial charge is 0.508 e. The second-order valence-corrected chi connectivity index (χ2v) is 28.6. The number of ether oxygens (including phenoxy) is 9. The first-order chi connectivity index (χ1) is 63.6. The van der Waals surface area contributed by atoms with E-state index >= 15 is 0 Å². The lowest BCUT2D eigenvalue weighted by atomic mass is 10.2. The Balaban J connectivity index is 0.000000269. The van der Waals surface area contributed by atoms with Crippen LogP contribution in [0.1, 0.15) is 118 Å². The van der Waals surface area contributed by atoms with Gasteiger partial charge in [0.05, 0.1) is 66.0 Å². The standard InChI is InChI=1S/C18H19N5O3.C15H13N3O.C11H13NO4.C11H15NO2.C10H11ClO2.C9H11N5.C9H8N2O.C6H5NO3.C5H8O.H4N2.H2O/c1-11(2)26-15-8-6-12(7-9-15)16(25)23-17(19)21-18(22-23)20-13-4-3-5-14(24)10-13;1-12-6-5-7-13(10-12)18-15(17-11-16)19-14-8-3-2-4-9-14;13-12(14)9-4-3-5-10(8-9)16-11-6-1-2-7-15-11;12-9-4-3-5-10(8-9)14-11-6-1-2-7-13-11;1-7(2)13-9-5-3-8(4-6-9)10(11)12;1-6-3-2-4-7(5-6)11-9-12-8(10)13-14-9;1-8(11-7-10)12-9-5-3-2-4-6-9;8-6-3-1-2-5(4-6)7(9)10;1-2-4-6-5-3-1;1-2;/h3-11,24H,1-2H3,(H3,19,20,21,22);2-10H,1H3,(H,17,18);3-5,8,11H,1-2,6-7H2;3-5,8,11H,1-2,6-7,12H2;3-7H,1-2H3;2-5H,1H3,(H4,10,11,12,13,14);2-6H,1H3;1-4,8H;2,4H,1,3,5H2;1-2H2;1H2. The molecule has 133 heavy (non-hydrogen) atoms. The minimum absolute atomic E-state index is 0. The van der Waals surface area contributed by atoms with Gasteiger partial charge in [-0.15, -0.1) is 15.2 Å². The van der Waals surface area contributed by atoms with Crippen molar-refractivity contribution in [3.05, 3.63) is 310 Å². The number of nitrogens with one attached hydrogen (secondary N) is 4. The predicted molar refractivity (Wildman–Crippen MR) is 509 cm³/mol. The third-order valence-corrected chi connectivity index (χ3v) is 17.0. The van der Waals surface area contributed by atoms with Crippen molar-refractivity contribution in [1.29, 1.82) is 10.5 Å². The zero-order valence-corrected chi connectivity index (χ0v) is 74.9. The van der Waals surface area contributed by atoms with Crippen LogP contribution in [0.5, 0.6) is 46.0 Å². The molecule has 0 aliphatic carbocycles. The number of nitriles is 2. The molecule has 2 unspecified atom stereocenters. The molecule has 5 heterocycles. The lowest BCUT2D eigenvalue weighted by Crippen LogP contribution is -2.24. The molecule has 2 fully saturated rings. The summed E-state index contributed by atoms with van der Waals surface area (Å²) in [4.78, 5) is 58.6. The van der Waals surface area contributed by atoms with Gasteiger partial charge in [-0.3, -0.25) is 41.5 Å². The van der Waals surface area contributed by atoms with Gasteiger partial charge in [-0.1, -0.05) is 84.9 Å². The molecule has 12 aromatic rings. The number of benzene rings is 10. The van der Waals surface area contributed by atoms with Gasteiger partial charge in [0.25, 0.3) is 22.5 Å². The van der Waals surface area contributed by atoms with E-state index in [0.29, 0.717) is 64.2 Å². The Bertz CT molecular complexity index is 5650. The number of hydrazine groups is 1. The van der Waals surface area contributed by atoms with E-state index in [0.717, 1.165) is 90.2 Å². The zero-order chi connectivity index (χ0) is 95.8. The molecule has 2 aromatic heterocycles. The Morgan fingerprint density at radius 2 is 1.08 bits per heavy atom. The van der Waals surface area contributed by atoms with Crippen LogP contribution >= 0.6 is 11.6 Å². The molecule has 0 spiro atoms. The number of halogens is 1. The summed E-state index contributed by atoms with van der Waals surface area (Å²) in [6, 6.07) is 72.9. The molecule has 0 bridgehead atoms. The highest BCUT2D eigenvalue weighted by Gasteiger charge is 2.20. The van der Waals surface area contributed by atoms with E-state index in [1.807, 2.05) is 163 Å². The highest BCUT2D eigenvalue weighted by atomic mass is 35.5. The second kappa shape index (κ2) is 60.5. The summed E-state index contributed by atoms with van der Waals surface area (Å²) in [6.07, 6.45) is 15.7. The van der Waals surface area contributed by atoms with Crippen LogP contribution in [0.4, 0.5) is 57.9 Å². The van der Waals surface area contributed by atoms with Crippen LogP contribution < -0.4 is 73.3 Å². The number of hydrogen-bond acceptors (Lipinski definition) is 32. The number of para-hydroxylation sites is 2. The number of aromatic nitrogens is 6. The average molecular weight is 1840 g/mol. The number of nitro groups is 2. The maximum atomic E-state index is 12.6. The van der Waals surface area contributed by atoms with Gasteiger partial charge in [-0.25, -0.2) is 10.4 Å². The van der Waals surface area contributed by atoms with E-state index in [4.69, 9.17) is 87.1 Å². The van der Waals surface area contributed by atoms with Crippen molar-refractivity contribution in [2.45, 2.75) is 125 Å². The number of amidine groups is 1. The van der Waals surface area contributed by atoms with Crippen LogP contribution in [0, 0.1) is 57.0 Å². The number of nitro benzene ring substituents is 2. The zero-order valence-electron chi connectivity index (χ0n) is 74.2. The fourth-order valence-electron chi connectivity index (χ4n) is 11.0. The Morgan fingerprint density at radius 1 is 0.579 bits per heavy atom. The maximum absolute atomic E-state index is 12.6. The minimum atomic E-state index is -0.556. The molecule has 39 heteroatoms. The SMILES string of the molecule is C1=COCCC1.CC(=NC#N)Oc1ccccc1.CC(C)Oc1ccc(C(=O)Cl)cc1.CC(C)Oc1ccc(C(=O)n2nc(Nc3cccc(O)c3)nc2N)cc1.Cc1cccc(N=C(NC#N)Oc2ccccc2)c1.Cc1cccc(Nc2n[nH]c(N)n2)c1.NN.Nc1cccc(OC2CCCCO2)c1.O.O=[N+]([O-])c1cccc(O)c1.O=[N+]([O-])c1cccc(OC2CCCCO2)c1. The van der Waals surface area contributed by atoms with Gasteiger partial charge >= 0.3 is 6.02 Å². The summed E-state index contributed by atoms with van der Waals surface area (Å²) in [5, 5.41) is 74.2. The van der Waals surface area contributed by atoms with Gasteiger partial charge in [0.15, 0.2) is 18.8 Å². The van der Waals surface area contributed by atoms with E-state index < -0.39 is 21.0 Å². The number of allylic oxidation sites excluding steroid dienone is 1. The highest BCUT2D eigenvalue weighted by molar-refractivity contribution is 6.67. The molecular formula is C94H109ClN20O18. The molecule has 0 radical (unpaired) electrons. The predicted octanol–water partition coefficient (Wildman–Crippen LogP) is 17.5. The first-order valence-electron chi connectivity index (χ1n) is 41.1. The fourth-order valence-corrected chi connectivity index (χ4v) is 11.1. The van der Waals surface area contributed by atoms with Crippen molar-refractivity contribution in [2.75, 3.05) is 47.7 Å². The van der Waals surface area contributed by atoms with Gasteiger partial charge < -0.3 is 86.2 Å². The molecule has 38 nitrogen and oxygen atoms in total. The van der Waals surface area contributed by atoms with Crippen molar-refractivity contribution >= 4 is 92.6 Å². The van der Waals surface area contributed by atoms with Crippen LogP contribution in [0.25, 0.3) is 0 Å². The average Bonchev–Trinajstić information content (AvgIpc) is 1.69. The molecule has 2 atom stereocenters. The van der Waals surface area contributed by atoms with Crippen LogP contribution in [-0.4, -0.2) is 123 Å². The third kappa shape index (κ3) is 43.9.